The standard InChI is InChI=1S/C24H34F3NO2/c1-15(2)18-10-19(12-20(11-18)24(25,26)27)17(4)30-14-22(5)8-9-23(13-16(22)3)7-6-21(29)28-23/h10-12,15-17H,6-9,13-14H2,1-5H3,(H,28,29). The van der Waals surface area contributed by atoms with Gasteiger partial charge in [0.2, 0.25) is 5.91 Å². The molecule has 4 unspecified atom stereocenters. The number of hydrogen-bond acceptors (Lipinski definition) is 2. The molecule has 1 amide bonds. The first-order valence-electron chi connectivity index (χ1n) is 11.0. The van der Waals surface area contributed by atoms with E-state index in [1.54, 1.807) is 0 Å². The molecule has 1 aliphatic heterocycles. The average Bonchev–Trinajstić information content (AvgIpc) is 3.02. The molecule has 2 fully saturated rings. The highest BCUT2D eigenvalue weighted by atomic mass is 19.4. The Kier molecular flexibility index (Phi) is 6.30. The molecule has 3 nitrogen and oxygen atoms in total. The lowest BCUT2D eigenvalue weighted by molar-refractivity contribution is -0.137. The van der Waals surface area contributed by atoms with Crippen molar-refractivity contribution in [2.45, 2.75) is 90.5 Å². The summed E-state index contributed by atoms with van der Waals surface area (Å²) in [5, 5.41) is 3.18. The summed E-state index contributed by atoms with van der Waals surface area (Å²) in [5.74, 6) is 0.498. The van der Waals surface area contributed by atoms with Gasteiger partial charge in [0, 0.05) is 12.0 Å². The van der Waals surface area contributed by atoms with Gasteiger partial charge in [-0.3, -0.25) is 4.79 Å². The minimum Gasteiger partial charge on any atom is -0.373 e. The summed E-state index contributed by atoms with van der Waals surface area (Å²) in [6, 6.07) is 4.28. The highest BCUT2D eigenvalue weighted by Crippen LogP contribution is 2.48. The fourth-order valence-electron chi connectivity index (χ4n) is 4.85. The Hall–Kier alpha value is -1.56. The first-order valence-corrected chi connectivity index (χ1v) is 11.0. The highest BCUT2D eigenvalue weighted by molar-refractivity contribution is 5.79. The molecule has 168 valence electrons. The SMILES string of the molecule is CC(C)c1cc(C(C)OCC2(C)CCC3(CCC(=O)N3)CC2C)cc(C(F)(F)F)c1. The van der Waals surface area contributed by atoms with Crippen molar-refractivity contribution in [3.8, 4) is 0 Å². The number of carbonyl (C=O) groups excluding carboxylic acids is 1. The quantitative estimate of drug-likeness (QED) is 0.594. The average molecular weight is 426 g/mol. The first kappa shape index (κ1) is 23.1. The second-order valence-electron chi connectivity index (χ2n) is 10.1. The van der Waals surface area contributed by atoms with E-state index < -0.39 is 17.8 Å². The Balaban J connectivity index is 1.70. The zero-order chi connectivity index (χ0) is 22.3. The molecule has 6 heteroatoms. The molecule has 2 aliphatic rings. The maximum absolute atomic E-state index is 13.4. The van der Waals surface area contributed by atoms with Gasteiger partial charge in [-0.2, -0.15) is 13.2 Å². The lowest BCUT2D eigenvalue weighted by atomic mass is 9.62. The van der Waals surface area contributed by atoms with Gasteiger partial charge in [0.15, 0.2) is 0 Å². The van der Waals surface area contributed by atoms with Crippen molar-refractivity contribution in [1.29, 1.82) is 0 Å². The zero-order valence-electron chi connectivity index (χ0n) is 18.7. The van der Waals surface area contributed by atoms with Crippen LogP contribution in [0.25, 0.3) is 0 Å². The minimum atomic E-state index is -4.37. The molecular weight excluding hydrogens is 391 g/mol. The minimum absolute atomic E-state index is 0.00643. The van der Waals surface area contributed by atoms with E-state index in [4.69, 9.17) is 4.74 Å². The molecule has 1 spiro atoms. The van der Waals surface area contributed by atoms with E-state index in [2.05, 4.69) is 19.2 Å². The number of hydrogen-bond donors (Lipinski definition) is 1. The lowest BCUT2D eigenvalue weighted by Gasteiger charge is -2.48. The van der Waals surface area contributed by atoms with E-state index in [0.717, 1.165) is 25.7 Å². The molecule has 1 aromatic rings. The first-order chi connectivity index (χ1) is 13.8. The molecule has 0 bridgehead atoms. The van der Waals surface area contributed by atoms with Gasteiger partial charge < -0.3 is 10.1 Å². The van der Waals surface area contributed by atoms with Crippen LogP contribution in [0.4, 0.5) is 13.2 Å². The molecule has 0 aromatic heterocycles. The van der Waals surface area contributed by atoms with Crippen LogP contribution in [0.3, 0.4) is 0 Å². The van der Waals surface area contributed by atoms with Crippen LogP contribution in [0.2, 0.25) is 0 Å². The normalized spacial score (nSPS) is 30.7. The van der Waals surface area contributed by atoms with Crippen molar-refractivity contribution in [2.24, 2.45) is 11.3 Å². The van der Waals surface area contributed by atoms with Gasteiger partial charge in [-0.05, 0) is 73.1 Å². The Morgan fingerprint density at radius 2 is 1.80 bits per heavy atom. The molecule has 0 radical (unpaired) electrons. The molecule has 1 aliphatic carbocycles. The summed E-state index contributed by atoms with van der Waals surface area (Å²) in [4.78, 5) is 11.7. The van der Waals surface area contributed by atoms with Gasteiger partial charge in [0.25, 0.3) is 0 Å². The van der Waals surface area contributed by atoms with Gasteiger partial charge in [-0.1, -0.05) is 33.8 Å². The molecule has 1 aromatic carbocycles. The molecule has 1 saturated heterocycles. The Morgan fingerprint density at radius 1 is 1.13 bits per heavy atom. The largest absolute Gasteiger partial charge is 0.416 e. The predicted molar refractivity (Wildman–Crippen MR) is 111 cm³/mol. The third-order valence-corrected chi connectivity index (χ3v) is 7.40. The fraction of sp³-hybridized carbons (Fsp3) is 0.708. The number of ether oxygens (including phenoxy) is 1. The Morgan fingerprint density at radius 3 is 2.33 bits per heavy atom. The zero-order valence-corrected chi connectivity index (χ0v) is 18.7. The molecule has 1 heterocycles. The van der Waals surface area contributed by atoms with Crippen LogP contribution in [0.15, 0.2) is 18.2 Å². The van der Waals surface area contributed by atoms with Crippen molar-refractivity contribution in [3.63, 3.8) is 0 Å². The maximum atomic E-state index is 13.4. The number of rotatable bonds is 5. The summed E-state index contributed by atoms with van der Waals surface area (Å²) >= 11 is 0. The second-order valence-corrected chi connectivity index (χ2v) is 10.1. The topological polar surface area (TPSA) is 38.3 Å². The van der Waals surface area contributed by atoms with Crippen molar-refractivity contribution >= 4 is 5.91 Å². The molecule has 1 N–H and O–H groups in total. The van der Waals surface area contributed by atoms with Crippen molar-refractivity contribution in [2.75, 3.05) is 6.61 Å². The number of alkyl halides is 3. The summed E-state index contributed by atoms with van der Waals surface area (Å²) < 4.78 is 46.3. The van der Waals surface area contributed by atoms with E-state index in [1.165, 1.54) is 12.1 Å². The monoisotopic (exact) mass is 425 g/mol. The summed E-state index contributed by atoms with van der Waals surface area (Å²) in [5.41, 5.74) is 0.492. The summed E-state index contributed by atoms with van der Waals surface area (Å²) in [7, 11) is 0. The Labute approximate surface area is 177 Å². The van der Waals surface area contributed by atoms with Crippen molar-refractivity contribution < 1.29 is 22.7 Å². The van der Waals surface area contributed by atoms with E-state index in [0.29, 0.717) is 30.1 Å². The van der Waals surface area contributed by atoms with Crippen molar-refractivity contribution in [1.82, 2.24) is 5.32 Å². The lowest BCUT2D eigenvalue weighted by Crippen LogP contribution is -2.51. The van der Waals surface area contributed by atoms with Crippen LogP contribution in [-0.2, 0) is 15.7 Å². The highest BCUT2D eigenvalue weighted by Gasteiger charge is 2.48. The third-order valence-electron chi connectivity index (χ3n) is 7.40. The number of carbonyl (C=O) groups is 1. The van der Waals surface area contributed by atoms with Crippen molar-refractivity contribution in [3.05, 3.63) is 34.9 Å². The predicted octanol–water partition coefficient (Wildman–Crippen LogP) is 6.38. The van der Waals surface area contributed by atoms with Crippen LogP contribution >= 0.6 is 0 Å². The van der Waals surface area contributed by atoms with Crippen LogP contribution < -0.4 is 5.32 Å². The second kappa shape index (κ2) is 8.18. The fourth-order valence-corrected chi connectivity index (χ4v) is 4.85. The third kappa shape index (κ3) is 4.84. The number of halogens is 3. The van der Waals surface area contributed by atoms with E-state index in [9.17, 15) is 18.0 Å². The van der Waals surface area contributed by atoms with E-state index >= 15 is 0 Å². The van der Waals surface area contributed by atoms with Crippen LogP contribution in [0.1, 0.15) is 95.4 Å². The molecule has 3 rings (SSSR count). The summed E-state index contributed by atoms with van der Waals surface area (Å²) in [6.45, 7) is 10.5. The van der Waals surface area contributed by atoms with E-state index in [1.807, 2.05) is 26.8 Å². The van der Waals surface area contributed by atoms with E-state index in [-0.39, 0.29) is 22.8 Å². The Bertz CT molecular complexity index is 791. The molecule has 4 atom stereocenters. The van der Waals surface area contributed by atoms with Gasteiger partial charge in [0.05, 0.1) is 18.3 Å². The molecular formula is C24H34F3NO2. The molecule has 30 heavy (non-hydrogen) atoms. The smallest absolute Gasteiger partial charge is 0.373 e. The molecule has 1 saturated carbocycles. The number of nitrogens with one attached hydrogen (secondary N) is 1. The number of amides is 1. The number of benzene rings is 1. The van der Waals surface area contributed by atoms with Gasteiger partial charge in [0.1, 0.15) is 0 Å². The van der Waals surface area contributed by atoms with Crippen LogP contribution in [0, 0.1) is 11.3 Å². The van der Waals surface area contributed by atoms with Gasteiger partial charge >= 0.3 is 6.18 Å². The van der Waals surface area contributed by atoms with Crippen LogP contribution in [-0.4, -0.2) is 18.1 Å². The maximum Gasteiger partial charge on any atom is 0.416 e. The van der Waals surface area contributed by atoms with Gasteiger partial charge in [-0.15, -0.1) is 0 Å². The summed E-state index contributed by atoms with van der Waals surface area (Å²) in [6.07, 6.45) is -0.511. The van der Waals surface area contributed by atoms with Gasteiger partial charge in [-0.25, -0.2) is 0 Å². The van der Waals surface area contributed by atoms with Crippen LogP contribution in [0.5, 0.6) is 0 Å².